The van der Waals surface area contributed by atoms with Crippen molar-refractivity contribution in [3.63, 3.8) is 0 Å². The Bertz CT molecular complexity index is 1460. The quantitative estimate of drug-likeness (QED) is 0.384. The van der Waals surface area contributed by atoms with Gasteiger partial charge in [0, 0.05) is 18.3 Å². The third-order valence-electron chi connectivity index (χ3n) is 5.62. The lowest BCUT2D eigenvalue weighted by Crippen LogP contribution is -2.31. The molecule has 0 aliphatic heterocycles. The van der Waals surface area contributed by atoms with E-state index in [0.29, 0.717) is 11.3 Å². The van der Waals surface area contributed by atoms with E-state index in [0.717, 1.165) is 22.4 Å². The van der Waals surface area contributed by atoms with Gasteiger partial charge in [0.25, 0.3) is 11.8 Å². The summed E-state index contributed by atoms with van der Waals surface area (Å²) in [6, 6.07) is 27.1. The van der Waals surface area contributed by atoms with Crippen LogP contribution in [0, 0.1) is 0 Å². The summed E-state index contributed by atoms with van der Waals surface area (Å²) >= 11 is 0. The van der Waals surface area contributed by atoms with Crippen molar-refractivity contribution in [3.8, 4) is 0 Å². The van der Waals surface area contributed by atoms with Crippen LogP contribution in [0.15, 0.2) is 102 Å². The van der Waals surface area contributed by atoms with Crippen LogP contribution in [0.5, 0.6) is 0 Å². The van der Waals surface area contributed by atoms with Crippen LogP contribution in [0.25, 0.3) is 11.0 Å². The molecule has 168 valence electrons. The van der Waals surface area contributed by atoms with E-state index in [9.17, 15) is 9.59 Å². The monoisotopic (exact) mass is 450 g/mol. The maximum atomic E-state index is 13.3. The molecule has 0 saturated heterocycles. The third kappa shape index (κ3) is 4.19. The van der Waals surface area contributed by atoms with E-state index in [4.69, 9.17) is 9.40 Å². The number of amides is 2. The molecular weight excluding hydrogens is 428 g/mol. The van der Waals surface area contributed by atoms with Gasteiger partial charge in [0.2, 0.25) is 0 Å². The fraction of sp³-hybridized carbons (Fsp3) is 0.0741. The number of aromatic nitrogens is 2. The number of nitrogens with zero attached hydrogens (tertiary/aromatic N) is 2. The molecule has 3 aromatic carbocycles. The minimum Gasteiger partial charge on any atom is -0.459 e. The van der Waals surface area contributed by atoms with Crippen molar-refractivity contribution < 1.29 is 14.0 Å². The van der Waals surface area contributed by atoms with Crippen LogP contribution in [0.3, 0.4) is 0 Å². The highest BCUT2D eigenvalue weighted by Gasteiger charge is 2.23. The van der Waals surface area contributed by atoms with E-state index >= 15 is 0 Å². The molecule has 7 heteroatoms. The van der Waals surface area contributed by atoms with Crippen LogP contribution in [-0.4, -0.2) is 21.4 Å². The lowest BCUT2D eigenvalue weighted by molar-refractivity contribution is 0.0939. The summed E-state index contributed by atoms with van der Waals surface area (Å²) < 4.78 is 7.12. The number of furan rings is 1. The fourth-order valence-corrected chi connectivity index (χ4v) is 3.92. The van der Waals surface area contributed by atoms with Gasteiger partial charge >= 0.3 is 0 Å². The Morgan fingerprint density at radius 3 is 2.44 bits per heavy atom. The lowest BCUT2D eigenvalue weighted by atomic mass is 10.1. The van der Waals surface area contributed by atoms with Crippen molar-refractivity contribution in [1.82, 2.24) is 14.9 Å². The van der Waals surface area contributed by atoms with E-state index in [1.807, 2.05) is 66.2 Å². The van der Waals surface area contributed by atoms with E-state index in [2.05, 4.69) is 10.6 Å². The number of hydrogen-bond acceptors (Lipinski definition) is 4. The minimum atomic E-state index is -0.465. The number of aryl methyl sites for hydroxylation is 1. The zero-order valence-electron chi connectivity index (χ0n) is 18.4. The second-order valence-electron chi connectivity index (χ2n) is 7.85. The first-order valence-corrected chi connectivity index (χ1v) is 10.8. The third-order valence-corrected chi connectivity index (χ3v) is 5.62. The summed E-state index contributed by atoms with van der Waals surface area (Å²) in [5, 5.41) is 5.88. The molecule has 0 radical (unpaired) electrons. The van der Waals surface area contributed by atoms with E-state index in [-0.39, 0.29) is 17.6 Å². The first-order valence-electron chi connectivity index (χ1n) is 10.8. The van der Waals surface area contributed by atoms with Gasteiger partial charge in [0.1, 0.15) is 11.9 Å². The average molecular weight is 450 g/mol. The summed E-state index contributed by atoms with van der Waals surface area (Å²) in [6.07, 6.45) is 1.43. The zero-order chi connectivity index (χ0) is 23.5. The first-order chi connectivity index (χ1) is 16.6. The molecule has 2 aromatic heterocycles. The summed E-state index contributed by atoms with van der Waals surface area (Å²) in [5.74, 6) is 0.253. The fourth-order valence-electron chi connectivity index (χ4n) is 3.92. The number of hydrogen-bond donors (Lipinski definition) is 2. The standard InChI is InChI=1S/C27H22N4O3/c1-31-22-14-6-5-13-21(22)29-25(31)24(18-9-3-2-4-10-18)30-26(32)19-11-7-12-20(17-19)28-27(33)23-15-8-16-34-23/h2-17,24H,1H3,(H,28,33)(H,30,32). The van der Waals surface area contributed by atoms with Crippen LogP contribution in [0.4, 0.5) is 5.69 Å². The van der Waals surface area contributed by atoms with Crippen LogP contribution in [0.1, 0.15) is 38.3 Å². The van der Waals surface area contributed by atoms with Crippen molar-refractivity contribution in [2.75, 3.05) is 5.32 Å². The molecule has 0 bridgehead atoms. The molecular formula is C27H22N4O3. The number of para-hydroxylation sites is 2. The van der Waals surface area contributed by atoms with Gasteiger partial charge in [-0.05, 0) is 48.0 Å². The van der Waals surface area contributed by atoms with Gasteiger partial charge in [-0.2, -0.15) is 0 Å². The summed E-state index contributed by atoms with van der Waals surface area (Å²) in [7, 11) is 1.94. The Hall–Kier alpha value is -4.65. The van der Waals surface area contributed by atoms with Crippen molar-refractivity contribution in [2.24, 2.45) is 7.05 Å². The molecule has 0 saturated carbocycles. The SMILES string of the molecule is Cn1c(C(NC(=O)c2cccc(NC(=O)c3ccco3)c2)c2ccccc2)nc2ccccc21. The van der Waals surface area contributed by atoms with Gasteiger partial charge in [-0.1, -0.05) is 48.5 Å². The molecule has 2 N–H and O–H groups in total. The molecule has 0 fully saturated rings. The number of rotatable bonds is 6. The maximum absolute atomic E-state index is 13.3. The summed E-state index contributed by atoms with van der Waals surface area (Å²) in [4.78, 5) is 30.4. The Balaban J connectivity index is 1.44. The van der Waals surface area contributed by atoms with Crippen molar-refractivity contribution in [1.29, 1.82) is 0 Å². The van der Waals surface area contributed by atoms with E-state index in [1.165, 1.54) is 6.26 Å². The van der Waals surface area contributed by atoms with Crippen LogP contribution in [0.2, 0.25) is 0 Å². The number of carbonyl (C=O) groups excluding carboxylic acids is 2. The number of nitrogens with one attached hydrogen (secondary N) is 2. The molecule has 5 rings (SSSR count). The summed E-state index contributed by atoms with van der Waals surface area (Å²) in [6.45, 7) is 0. The highest BCUT2D eigenvalue weighted by atomic mass is 16.3. The van der Waals surface area contributed by atoms with E-state index in [1.54, 1.807) is 36.4 Å². The lowest BCUT2D eigenvalue weighted by Gasteiger charge is -2.19. The normalized spacial score (nSPS) is 11.8. The molecule has 0 spiro atoms. The van der Waals surface area contributed by atoms with E-state index < -0.39 is 6.04 Å². The second-order valence-corrected chi connectivity index (χ2v) is 7.85. The van der Waals surface area contributed by atoms with Crippen molar-refractivity contribution in [3.05, 3.63) is 120 Å². The van der Waals surface area contributed by atoms with Gasteiger partial charge in [-0.3, -0.25) is 9.59 Å². The molecule has 0 aliphatic carbocycles. The minimum absolute atomic E-state index is 0.195. The maximum Gasteiger partial charge on any atom is 0.291 e. The number of carbonyl (C=O) groups is 2. The highest BCUT2D eigenvalue weighted by molar-refractivity contribution is 6.03. The molecule has 1 atom stereocenters. The Morgan fingerprint density at radius 2 is 1.68 bits per heavy atom. The number of fused-ring (bicyclic) bond motifs is 1. The molecule has 0 aliphatic rings. The van der Waals surface area contributed by atoms with Crippen LogP contribution < -0.4 is 10.6 Å². The first kappa shape index (κ1) is 21.2. The zero-order valence-corrected chi connectivity index (χ0v) is 18.4. The predicted octanol–water partition coefficient (Wildman–Crippen LogP) is 4.94. The Labute approximate surface area is 196 Å². The van der Waals surface area contributed by atoms with Crippen molar-refractivity contribution in [2.45, 2.75) is 6.04 Å². The van der Waals surface area contributed by atoms with Crippen LogP contribution in [-0.2, 0) is 7.05 Å². The molecule has 2 amide bonds. The van der Waals surface area contributed by atoms with Gasteiger partial charge in [-0.25, -0.2) is 4.98 Å². The topological polar surface area (TPSA) is 89.2 Å². The molecule has 7 nitrogen and oxygen atoms in total. The molecule has 5 aromatic rings. The Morgan fingerprint density at radius 1 is 0.882 bits per heavy atom. The number of benzene rings is 3. The summed E-state index contributed by atoms with van der Waals surface area (Å²) in [5.41, 5.74) is 3.66. The van der Waals surface area contributed by atoms with Crippen molar-refractivity contribution >= 4 is 28.5 Å². The predicted molar refractivity (Wildman–Crippen MR) is 130 cm³/mol. The Kier molecular flexibility index (Phi) is 5.66. The van der Waals surface area contributed by atoms with Gasteiger partial charge in [0.05, 0.1) is 17.3 Å². The average Bonchev–Trinajstić information content (AvgIpc) is 3.52. The highest BCUT2D eigenvalue weighted by Crippen LogP contribution is 2.25. The van der Waals surface area contributed by atoms with Gasteiger partial charge in [-0.15, -0.1) is 0 Å². The van der Waals surface area contributed by atoms with Gasteiger partial charge in [0.15, 0.2) is 5.76 Å². The number of anilines is 1. The number of imidazole rings is 1. The molecule has 1 unspecified atom stereocenters. The largest absolute Gasteiger partial charge is 0.459 e. The molecule has 34 heavy (non-hydrogen) atoms. The second kappa shape index (κ2) is 9.07. The smallest absolute Gasteiger partial charge is 0.291 e. The molecule has 2 heterocycles. The van der Waals surface area contributed by atoms with Crippen LogP contribution >= 0.6 is 0 Å². The van der Waals surface area contributed by atoms with Gasteiger partial charge < -0.3 is 19.6 Å².